The van der Waals surface area contributed by atoms with E-state index in [9.17, 15) is 9.59 Å². The van der Waals surface area contributed by atoms with Gasteiger partial charge < -0.3 is 9.47 Å². The van der Waals surface area contributed by atoms with Gasteiger partial charge in [-0.05, 0) is 56.7 Å². The van der Waals surface area contributed by atoms with Crippen LogP contribution < -0.4 is 10.5 Å². The number of carbonyl (C=O) groups excluding carboxylic acids is 1. The Morgan fingerprint density at radius 3 is 2.29 bits per heavy atom. The molecule has 0 saturated heterocycles. The normalized spacial score (nSPS) is 11.3. The van der Waals surface area contributed by atoms with E-state index in [2.05, 4.69) is 0 Å². The number of para-hydroxylation sites is 1. The van der Waals surface area contributed by atoms with E-state index in [1.54, 1.807) is 4.90 Å². The summed E-state index contributed by atoms with van der Waals surface area (Å²) in [6.07, 6.45) is 0. The molecule has 0 spiro atoms. The van der Waals surface area contributed by atoms with E-state index in [1.165, 1.54) is 4.68 Å². The molecule has 0 aliphatic rings. The molecule has 6 nitrogen and oxygen atoms in total. The predicted molar refractivity (Wildman–Crippen MR) is 137 cm³/mol. The molecule has 0 saturated carbocycles. The maximum atomic E-state index is 14.0. The van der Waals surface area contributed by atoms with Crippen molar-refractivity contribution in [2.45, 2.75) is 20.8 Å². The Morgan fingerprint density at radius 2 is 1.62 bits per heavy atom. The summed E-state index contributed by atoms with van der Waals surface area (Å²) in [5.41, 5.74) is 4.85. The van der Waals surface area contributed by atoms with Gasteiger partial charge in [0.15, 0.2) is 5.69 Å². The molecule has 5 aromatic rings. The van der Waals surface area contributed by atoms with Crippen LogP contribution in [0.15, 0.2) is 77.6 Å². The molecule has 6 heteroatoms. The zero-order valence-corrected chi connectivity index (χ0v) is 19.7. The van der Waals surface area contributed by atoms with E-state index >= 15 is 0 Å². The van der Waals surface area contributed by atoms with E-state index < -0.39 is 0 Å². The maximum absolute atomic E-state index is 14.0. The van der Waals surface area contributed by atoms with E-state index in [0.717, 1.165) is 27.7 Å². The lowest BCUT2D eigenvalue weighted by molar-refractivity contribution is 0.0983. The zero-order chi connectivity index (χ0) is 24.0. The average molecular weight is 451 g/mol. The molecule has 2 heterocycles. The van der Waals surface area contributed by atoms with Crippen molar-refractivity contribution in [3.05, 3.63) is 100.0 Å². The molecule has 170 valence electrons. The molecule has 3 aromatic carbocycles. The van der Waals surface area contributed by atoms with Crippen molar-refractivity contribution in [2.24, 2.45) is 7.05 Å². The van der Waals surface area contributed by atoms with Gasteiger partial charge in [-0.2, -0.15) is 9.78 Å². The van der Waals surface area contributed by atoms with E-state index in [4.69, 9.17) is 5.10 Å². The number of benzene rings is 3. The SMILES string of the molecule is CCN(C(=O)c1nn(-c2ccc(C)cc2)c(=O)c2c1c1c(C)cccc1n2C)c1ccccc1. The fraction of sp³-hybridized carbons (Fsp3) is 0.179. The number of fused-ring (bicyclic) bond motifs is 3. The number of hydrogen-bond donors (Lipinski definition) is 0. The largest absolute Gasteiger partial charge is 0.339 e. The van der Waals surface area contributed by atoms with Crippen LogP contribution in [0.4, 0.5) is 5.69 Å². The fourth-order valence-electron chi connectivity index (χ4n) is 4.63. The molecule has 34 heavy (non-hydrogen) atoms. The molecule has 0 N–H and O–H groups in total. The van der Waals surface area contributed by atoms with Crippen LogP contribution in [0.1, 0.15) is 28.5 Å². The smallest absolute Gasteiger partial charge is 0.296 e. The van der Waals surface area contributed by atoms with Crippen LogP contribution in [0.2, 0.25) is 0 Å². The summed E-state index contributed by atoms with van der Waals surface area (Å²) in [4.78, 5) is 29.5. The first-order valence-electron chi connectivity index (χ1n) is 11.4. The number of rotatable bonds is 4. The van der Waals surface area contributed by atoms with Crippen molar-refractivity contribution < 1.29 is 4.79 Å². The predicted octanol–water partition coefficient (Wildman–Crippen LogP) is 5.16. The third kappa shape index (κ3) is 3.30. The molecule has 0 aliphatic carbocycles. The second-order valence-electron chi connectivity index (χ2n) is 8.54. The van der Waals surface area contributed by atoms with Gasteiger partial charge in [0, 0.05) is 35.6 Å². The van der Waals surface area contributed by atoms with Gasteiger partial charge >= 0.3 is 0 Å². The van der Waals surface area contributed by atoms with Crippen molar-refractivity contribution in [3.63, 3.8) is 0 Å². The third-order valence-electron chi connectivity index (χ3n) is 6.38. The highest BCUT2D eigenvalue weighted by atomic mass is 16.2. The Morgan fingerprint density at radius 1 is 0.912 bits per heavy atom. The van der Waals surface area contributed by atoms with Gasteiger partial charge in [-0.15, -0.1) is 0 Å². The highest BCUT2D eigenvalue weighted by Gasteiger charge is 2.27. The summed E-state index contributed by atoms with van der Waals surface area (Å²) in [6.45, 7) is 6.39. The first-order valence-corrected chi connectivity index (χ1v) is 11.4. The molecule has 0 atom stereocenters. The number of hydrogen-bond acceptors (Lipinski definition) is 3. The number of nitrogens with zero attached hydrogens (tertiary/aromatic N) is 4. The number of amides is 1. The Balaban J connectivity index is 1.89. The minimum Gasteiger partial charge on any atom is -0.339 e. The Labute approximate surface area is 197 Å². The molecule has 1 amide bonds. The van der Waals surface area contributed by atoms with Crippen molar-refractivity contribution in [2.75, 3.05) is 11.4 Å². The maximum Gasteiger partial charge on any atom is 0.296 e. The van der Waals surface area contributed by atoms with Gasteiger partial charge in [0.1, 0.15) is 5.52 Å². The lowest BCUT2D eigenvalue weighted by Gasteiger charge is -2.21. The second-order valence-corrected chi connectivity index (χ2v) is 8.54. The molecule has 5 rings (SSSR count). The van der Waals surface area contributed by atoms with Gasteiger partial charge in [-0.1, -0.05) is 48.0 Å². The highest BCUT2D eigenvalue weighted by Crippen LogP contribution is 2.32. The van der Waals surface area contributed by atoms with E-state index in [1.807, 2.05) is 105 Å². The number of aryl methyl sites for hydroxylation is 3. The summed E-state index contributed by atoms with van der Waals surface area (Å²) in [5, 5.41) is 6.18. The second kappa shape index (κ2) is 8.30. The summed E-state index contributed by atoms with van der Waals surface area (Å²) < 4.78 is 3.23. The summed E-state index contributed by atoms with van der Waals surface area (Å²) in [7, 11) is 1.87. The minimum absolute atomic E-state index is 0.240. The van der Waals surface area contributed by atoms with Crippen molar-refractivity contribution in [3.8, 4) is 5.69 Å². The molecular weight excluding hydrogens is 424 g/mol. The van der Waals surface area contributed by atoms with Crippen LogP contribution in [-0.2, 0) is 7.05 Å². The number of aromatic nitrogens is 3. The lowest BCUT2D eigenvalue weighted by Crippen LogP contribution is -2.34. The molecule has 0 bridgehead atoms. The van der Waals surface area contributed by atoms with E-state index in [0.29, 0.717) is 23.1 Å². The van der Waals surface area contributed by atoms with Crippen LogP contribution in [0.25, 0.3) is 27.5 Å². The van der Waals surface area contributed by atoms with Gasteiger partial charge in [0.05, 0.1) is 5.69 Å². The van der Waals surface area contributed by atoms with Gasteiger partial charge in [-0.25, -0.2) is 0 Å². The standard InChI is InChI=1S/C28H26N4O2/c1-5-31(20-11-7-6-8-12-20)27(33)25-24-23-19(3)10-9-13-22(23)30(4)26(24)28(34)32(29-25)21-16-14-18(2)15-17-21/h6-17H,5H2,1-4H3. The Bertz CT molecular complexity index is 1600. The number of carbonyl (C=O) groups is 1. The lowest BCUT2D eigenvalue weighted by atomic mass is 10.1. The first kappa shape index (κ1) is 21.6. The summed E-state index contributed by atoms with van der Waals surface area (Å²) >= 11 is 0. The van der Waals surface area contributed by atoms with Crippen LogP contribution >= 0.6 is 0 Å². The Kier molecular flexibility index (Phi) is 5.28. The summed E-state index contributed by atoms with van der Waals surface area (Å²) in [6, 6.07) is 23.1. The minimum atomic E-state index is -0.253. The quantitative estimate of drug-likeness (QED) is 0.380. The molecule has 0 unspecified atom stereocenters. The topological polar surface area (TPSA) is 60.1 Å². The van der Waals surface area contributed by atoms with Gasteiger partial charge in [-0.3, -0.25) is 9.59 Å². The summed E-state index contributed by atoms with van der Waals surface area (Å²) in [5.74, 6) is -0.240. The number of anilines is 1. The van der Waals surface area contributed by atoms with Gasteiger partial charge in [0.2, 0.25) is 0 Å². The highest BCUT2D eigenvalue weighted by molar-refractivity contribution is 6.20. The molecule has 0 radical (unpaired) electrons. The van der Waals surface area contributed by atoms with Crippen LogP contribution in [0, 0.1) is 13.8 Å². The van der Waals surface area contributed by atoms with E-state index in [-0.39, 0.29) is 17.2 Å². The molecule has 0 aliphatic heterocycles. The molecular formula is C28H26N4O2. The zero-order valence-electron chi connectivity index (χ0n) is 19.7. The van der Waals surface area contributed by atoms with Gasteiger partial charge in [0.25, 0.3) is 11.5 Å². The van der Waals surface area contributed by atoms with Crippen LogP contribution in [0.5, 0.6) is 0 Å². The monoisotopic (exact) mass is 450 g/mol. The van der Waals surface area contributed by atoms with Crippen LogP contribution in [0.3, 0.4) is 0 Å². The van der Waals surface area contributed by atoms with Crippen molar-refractivity contribution >= 4 is 33.4 Å². The first-order chi connectivity index (χ1) is 16.4. The molecule has 0 fully saturated rings. The Hall–Kier alpha value is -4.19. The average Bonchev–Trinajstić information content (AvgIpc) is 3.15. The fourth-order valence-corrected chi connectivity index (χ4v) is 4.63. The third-order valence-corrected chi connectivity index (χ3v) is 6.38. The van der Waals surface area contributed by atoms with Crippen molar-refractivity contribution in [1.82, 2.24) is 14.3 Å². The van der Waals surface area contributed by atoms with Crippen molar-refractivity contribution in [1.29, 1.82) is 0 Å². The molecule has 2 aromatic heterocycles. The van der Waals surface area contributed by atoms with Crippen LogP contribution in [-0.4, -0.2) is 26.8 Å².